The van der Waals surface area contributed by atoms with Crippen LogP contribution in [0.25, 0.3) is 6.08 Å². The molecule has 63 valence electrons. The summed E-state index contributed by atoms with van der Waals surface area (Å²) in [4.78, 5) is 0. The van der Waals surface area contributed by atoms with E-state index in [4.69, 9.17) is 11.6 Å². The van der Waals surface area contributed by atoms with Gasteiger partial charge in [0.2, 0.25) is 0 Å². The first kappa shape index (κ1) is 9.34. The summed E-state index contributed by atoms with van der Waals surface area (Å²) >= 11 is 5.94. The predicted octanol–water partition coefficient (Wildman–Crippen LogP) is 3.97. The highest BCUT2D eigenvalue weighted by Gasteiger charge is 1.91. The van der Waals surface area contributed by atoms with Crippen molar-refractivity contribution in [3.8, 4) is 0 Å². The van der Waals surface area contributed by atoms with Gasteiger partial charge in [-0.15, -0.1) is 0 Å². The van der Waals surface area contributed by atoms with Crippen molar-refractivity contribution in [3.05, 3.63) is 47.9 Å². The Morgan fingerprint density at radius 1 is 1.33 bits per heavy atom. The molecule has 1 rings (SSSR count). The van der Waals surface area contributed by atoms with E-state index in [9.17, 15) is 0 Å². The van der Waals surface area contributed by atoms with Gasteiger partial charge in [0, 0.05) is 5.02 Å². The molecule has 0 bridgehead atoms. The van der Waals surface area contributed by atoms with Gasteiger partial charge in [0.15, 0.2) is 0 Å². The second-order valence-corrected chi connectivity index (χ2v) is 2.97. The molecular formula is C11H12Cl. The second-order valence-electron chi connectivity index (χ2n) is 2.57. The van der Waals surface area contributed by atoms with Crippen molar-refractivity contribution in [1.29, 1.82) is 0 Å². The number of hydrogen-bond donors (Lipinski definition) is 0. The molecule has 0 atom stereocenters. The van der Waals surface area contributed by atoms with E-state index in [2.05, 4.69) is 13.0 Å². The summed E-state index contributed by atoms with van der Waals surface area (Å²) in [6.07, 6.45) is 6.06. The van der Waals surface area contributed by atoms with Crippen LogP contribution in [-0.4, -0.2) is 0 Å². The van der Waals surface area contributed by atoms with Crippen molar-refractivity contribution in [2.75, 3.05) is 0 Å². The van der Waals surface area contributed by atoms with E-state index in [1.807, 2.05) is 30.3 Å². The van der Waals surface area contributed by atoms with Gasteiger partial charge in [0.05, 0.1) is 0 Å². The molecule has 0 aliphatic carbocycles. The SMILES string of the molecule is [CH2]CC/C=C/c1ccccc1Cl. The van der Waals surface area contributed by atoms with Crippen molar-refractivity contribution in [2.45, 2.75) is 12.8 Å². The van der Waals surface area contributed by atoms with Gasteiger partial charge in [-0.2, -0.15) is 0 Å². The number of halogens is 1. The molecule has 1 aromatic carbocycles. The van der Waals surface area contributed by atoms with Gasteiger partial charge < -0.3 is 0 Å². The van der Waals surface area contributed by atoms with E-state index in [1.165, 1.54) is 0 Å². The lowest BCUT2D eigenvalue weighted by Crippen LogP contribution is -1.72. The van der Waals surface area contributed by atoms with Crippen molar-refractivity contribution in [3.63, 3.8) is 0 Å². The zero-order valence-electron chi connectivity index (χ0n) is 6.96. The molecule has 1 aromatic rings. The van der Waals surface area contributed by atoms with Gasteiger partial charge in [-0.1, -0.05) is 48.9 Å². The fourth-order valence-corrected chi connectivity index (χ4v) is 1.14. The van der Waals surface area contributed by atoms with E-state index in [0.29, 0.717) is 0 Å². The molecule has 0 unspecified atom stereocenters. The Morgan fingerprint density at radius 3 is 2.75 bits per heavy atom. The van der Waals surface area contributed by atoms with Crippen LogP contribution in [0.4, 0.5) is 0 Å². The van der Waals surface area contributed by atoms with Crippen LogP contribution in [0.3, 0.4) is 0 Å². The minimum atomic E-state index is 0.804. The van der Waals surface area contributed by atoms with Gasteiger partial charge in [0.1, 0.15) is 0 Å². The quantitative estimate of drug-likeness (QED) is 0.659. The molecule has 0 heterocycles. The Labute approximate surface area is 78.9 Å². The average Bonchev–Trinajstić information content (AvgIpc) is 2.09. The third-order valence-electron chi connectivity index (χ3n) is 1.57. The van der Waals surface area contributed by atoms with Gasteiger partial charge in [-0.3, -0.25) is 0 Å². The monoisotopic (exact) mass is 179 g/mol. The third-order valence-corrected chi connectivity index (χ3v) is 1.92. The van der Waals surface area contributed by atoms with Crippen molar-refractivity contribution in [1.82, 2.24) is 0 Å². The van der Waals surface area contributed by atoms with E-state index in [1.54, 1.807) is 0 Å². The predicted molar refractivity (Wildman–Crippen MR) is 55.1 cm³/mol. The van der Waals surface area contributed by atoms with Gasteiger partial charge in [0.25, 0.3) is 0 Å². The molecule has 0 saturated heterocycles. The van der Waals surface area contributed by atoms with Gasteiger partial charge in [-0.25, -0.2) is 0 Å². The Morgan fingerprint density at radius 2 is 2.08 bits per heavy atom. The van der Waals surface area contributed by atoms with Crippen LogP contribution < -0.4 is 0 Å². The number of benzene rings is 1. The maximum absolute atomic E-state index is 5.94. The lowest BCUT2D eigenvalue weighted by Gasteiger charge is -1.95. The summed E-state index contributed by atoms with van der Waals surface area (Å²) in [5.74, 6) is 0. The molecule has 0 spiro atoms. The maximum Gasteiger partial charge on any atom is 0.0478 e. The summed E-state index contributed by atoms with van der Waals surface area (Å²) in [6.45, 7) is 3.76. The number of rotatable bonds is 3. The highest BCUT2D eigenvalue weighted by Crippen LogP contribution is 2.16. The number of allylic oxidation sites excluding steroid dienone is 1. The molecule has 0 nitrogen and oxygen atoms in total. The van der Waals surface area contributed by atoms with Crippen LogP contribution in [0.1, 0.15) is 18.4 Å². The van der Waals surface area contributed by atoms with E-state index < -0.39 is 0 Å². The Bertz CT molecular complexity index is 263. The van der Waals surface area contributed by atoms with Crippen LogP contribution in [0.5, 0.6) is 0 Å². The van der Waals surface area contributed by atoms with Gasteiger partial charge in [-0.05, 0) is 24.5 Å². The molecule has 0 aliphatic rings. The summed E-state index contributed by atoms with van der Waals surface area (Å²) < 4.78 is 0. The van der Waals surface area contributed by atoms with Crippen molar-refractivity contribution >= 4 is 17.7 Å². The Kier molecular flexibility index (Phi) is 3.89. The second kappa shape index (κ2) is 5.00. The first-order valence-corrected chi connectivity index (χ1v) is 4.42. The first-order valence-electron chi connectivity index (χ1n) is 4.05. The highest BCUT2D eigenvalue weighted by atomic mass is 35.5. The highest BCUT2D eigenvalue weighted by molar-refractivity contribution is 6.32. The van der Waals surface area contributed by atoms with Crippen LogP contribution in [0.2, 0.25) is 5.02 Å². The minimum absolute atomic E-state index is 0.804. The molecule has 1 heteroatoms. The number of unbranched alkanes of at least 4 members (excludes halogenated alkanes) is 1. The fourth-order valence-electron chi connectivity index (χ4n) is 0.938. The molecule has 0 aromatic heterocycles. The molecule has 0 fully saturated rings. The topological polar surface area (TPSA) is 0 Å². The summed E-state index contributed by atoms with van der Waals surface area (Å²) in [6, 6.07) is 7.81. The normalized spacial score (nSPS) is 10.8. The molecule has 0 aliphatic heterocycles. The minimum Gasteiger partial charge on any atom is -0.0839 e. The first-order chi connectivity index (χ1) is 5.84. The lowest BCUT2D eigenvalue weighted by atomic mass is 10.2. The Hall–Kier alpha value is -0.750. The largest absolute Gasteiger partial charge is 0.0839 e. The van der Waals surface area contributed by atoms with Gasteiger partial charge >= 0.3 is 0 Å². The van der Waals surface area contributed by atoms with Crippen LogP contribution in [0, 0.1) is 6.92 Å². The van der Waals surface area contributed by atoms with Crippen LogP contribution in [0.15, 0.2) is 30.3 Å². The van der Waals surface area contributed by atoms with E-state index >= 15 is 0 Å². The molecular weight excluding hydrogens is 168 g/mol. The molecule has 0 N–H and O–H groups in total. The lowest BCUT2D eigenvalue weighted by molar-refractivity contribution is 1.06. The summed E-state index contributed by atoms with van der Waals surface area (Å²) in [5.41, 5.74) is 1.08. The Balaban J connectivity index is 2.68. The molecule has 0 amide bonds. The standard InChI is InChI=1S/C11H12Cl/c1-2-3-4-7-10-8-5-6-9-11(10)12/h4-9H,1-3H2/b7-4+. The maximum atomic E-state index is 5.94. The molecule has 12 heavy (non-hydrogen) atoms. The van der Waals surface area contributed by atoms with Crippen LogP contribution >= 0.6 is 11.6 Å². The summed E-state index contributed by atoms with van der Waals surface area (Å²) in [5, 5.41) is 0.804. The van der Waals surface area contributed by atoms with E-state index in [-0.39, 0.29) is 0 Å². The third kappa shape index (κ3) is 2.71. The van der Waals surface area contributed by atoms with Crippen molar-refractivity contribution in [2.24, 2.45) is 0 Å². The fraction of sp³-hybridized carbons (Fsp3) is 0.182. The zero-order valence-corrected chi connectivity index (χ0v) is 7.72. The van der Waals surface area contributed by atoms with Crippen LogP contribution in [-0.2, 0) is 0 Å². The average molecular weight is 180 g/mol. The summed E-state index contributed by atoms with van der Waals surface area (Å²) in [7, 11) is 0. The van der Waals surface area contributed by atoms with Crippen molar-refractivity contribution < 1.29 is 0 Å². The molecule has 1 radical (unpaired) electrons. The number of hydrogen-bond acceptors (Lipinski definition) is 0. The smallest absolute Gasteiger partial charge is 0.0478 e. The zero-order chi connectivity index (χ0) is 8.81. The van der Waals surface area contributed by atoms with E-state index in [0.717, 1.165) is 23.4 Å². The molecule has 0 saturated carbocycles.